The van der Waals surface area contributed by atoms with Gasteiger partial charge in [-0.15, -0.1) is 0 Å². The van der Waals surface area contributed by atoms with Crippen molar-refractivity contribution in [2.75, 3.05) is 19.6 Å². The summed E-state index contributed by atoms with van der Waals surface area (Å²) in [5, 5.41) is 0. The average Bonchev–Trinajstić information content (AvgIpc) is 2.71. The summed E-state index contributed by atoms with van der Waals surface area (Å²) < 4.78 is 5.44. The molecule has 1 atom stereocenters. The van der Waals surface area contributed by atoms with Gasteiger partial charge in [-0.3, -0.25) is 0 Å². The summed E-state index contributed by atoms with van der Waals surface area (Å²) in [5.74, 6) is 1.56. The van der Waals surface area contributed by atoms with Crippen molar-refractivity contribution in [2.45, 2.75) is 19.3 Å². The third-order valence-corrected chi connectivity index (χ3v) is 2.98. The number of likely N-dealkylation sites (N-methyl/N-ethyl adjacent to an activating group) is 1. The molecule has 72 valence electrons. The summed E-state index contributed by atoms with van der Waals surface area (Å²) >= 11 is 3.22. The van der Waals surface area contributed by atoms with Gasteiger partial charge in [-0.2, -0.15) is 0 Å². The van der Waals surface area contributed by atoms with Crippen LogP contribution in [0.5, 0.6) is 0 Å². The zero-order valence-corrected chi connectivity index (χ0v) is 9.25. The van der Waals surface area contributed by atoms with E-state index in [1.165, 1.54) is 13.0 Å². The van der Waals surface area contributed by atoms with Crippen LogP contribution in [0.3, 0.4) is 0 Å². The quantitative estimate of drug-likeness (QED) is 0.800. The van der Waals surface area contributed by atoms with Crippen molar-refractivity contribution < 1.29 is 4.42 Å². The predicted molar refractivity (Wildman–Crippen MR) is 53.7 cm³/mol. The molecule has 1 aliphatic rings. The maximum atomic E-state index is 5.44. The lowest BCUT2D eigenvalue weighted by Gasteiger charge is -2.10. The van der Waals surface area contributed by atoms with E-state index in [1.54, 1.807) is 0 Å². The number of rotatable bonds is 2. The summed E-state index contributed by atoms with van der Waals surface area (Å²) in [4.78, 5) is 7.07. The van der Waals surface area contributed by atoms with Crippen LogP contribution in [0.1, 0.15) is 25.0 Å². The maximum Gasteiger partial charge on any atom is 0.264 e. The standard InChI is InChI=1S/C9H13BrN2O/c1-2-12-4-3-7(6-12)8-5-11-9(10)13-8/h5,7H,2-4,6H2,1H3. The Hall–Kier alpha value is -0.350. The van der Waals surface area contributed by atoms with Crippen molar-refractivity contribution >= 4 is 15.9 Å². The van der Waals surface area contributed by atoms with Crippen LogP contribution >= 0.6 is 15.9 Å². The van der Waals surface area contributed by atoms with Crippen LogP contribution in [-0.2, 0) is 0 Å². The van der Waals surface area contributed by atoms with Crippen molar-refractivity contribution in [3.63, 3.8) is 0 Å². The minimum Gasteiger partial charge on any atom is -0.436 e. The molecule has 2 heterocycles. The second-order valence-corrected chi connectivity index (χ2v) is 4.07. The fourth-order valence-electron chi connectivity index (χ4n) is 1.81. The summed E-state index contributed by atoms with van der Waals surface area (Å²) in [7, 11) is 0. The van der Waals surface area contributed by atoms with Crippen LogP contribution in [-0.4, -0.2) is 29.5 Å². The Bertz CT molecular complexity index is 287. The van der Waals surface area contributed by atoms with Gasteiger partial charge in [-0.1, -0.05) is 6.92 Å². The van der Waals surface area contributed by atoms with E-state index in [9.17, 15) is 0 Å². The Kier molecular flexibility index (Phi) is 2.69. The largest absolute Gasteiger partial charge is 0.436 e. The first-order valence-corrected chi connectivity index (χ1v) is 5.42. The van der Waals surface area contributed by atoms with E-state index in [-0.39, 0.29) is 0 Å². The Morgan fingerprint density at radius 2 is 2.62 bits per heavy atom. The molecule has 4 heteroatoms. The summed E-state index contributed by atoms with van der Waals surface area (Å²) in [6, 6.07) is 0. The highest BCUT2D eigenvalue weighted by molar-refractivity contribution is 9.10. The molecule has 0 aromatic carbocycles. The molecule has 1 aromatic rings. The second kappa shape index (κ2) is 3.80. The van der Waals surface area contributed by atoms with Crippen molar-refractivity contribution in [3.8, 4) is 0 Å². The number of oxazole rings is 1. The first kappa shape index (κ1) is 9.21. The predicted octanol–water partition coefficient (Wildman–Crippen LogP) is 2.25. The van der Waals surface area contributed by atoms with Crippen LogP contribution in [0.2, 0.25) is 0 Å². The van der Waals surface area contributed by atoms with E-state index < -0.39 is 0 Å². The third-order valence-electron chi connectivity index (χ3n) is 2.62. The molecule has 0 N–H and O–H groups in total. The fourth-order valence-corrected chi connectivity index (χ4v) is 2.09. The van der Waals surface area contributed by atoms with E-state index in [0.29, 0.717) is 10.7 Å². The van der Waals surface area contributed by atoms with Crippen LogP contribution in [0, 0.1) is 0 Å². The number of nitrogens with zero attached hydrogens (tertiary/aromatic N) is 2. The van der Waals surface area contributed by atoms with E-state index in [2.05, 4.69) is 32.7 Å². The topological polar surface area (TPSA) is 29.3 Å². The molecule has 3 nitrogen and oxygen atoms in total. The second-order valence-electron chi connectivity index (χ2n) is 3.39. The Labute approximate surface area is 86.3 Å². The molecule has 0 spiro atoms. The number of hydrogen-bond donors (Lipinski definition) is 0. The summed E-state index contributed by atoms with van der Waals surface area (Å²) in [6.07, 6.45) is 3.02. The van der Waals surface area contributed by atoms with Crippen molar-refractivity contribution in [2.24, 2.45) is 0 Å². The van der Waals surface area contributed by atoms with Gasteiger partial charge < -0.3 is 9.32 Å². The molecule has 0 bridgehead atoms. The molecule has 13 heavy (non-hydrogen) atoms. The molecule has 0 aliphatic carbocycles. The summed E-state index contributed by atoms with van der Waals surface area (Å²) in [5.41, 5.74) is 0. The molecule has 1 aromatic heterocycles. The first-order valence-electron chi connectivity index (χ1n) is 4.63. The Morgan fingerprint density at radius 1 is 1.77 bits per heavy atom. The third kappa shape index (κ3) is 1.94. The van der Waals surface area contributed by atoms with Gasteiger partial charge >= 0.3 is 0 Å². The average molecular weight is 245 g/mol. The highest BCUT2D eigenvalue weighted by atomic mass is 79.9. The van der Waals surface area contributed by atoms with Gasteiger partial charge in [0.05, 0.1) is 6.20 Å². The smallest absolute Gasteiger partial charge is 0.264 e. The zero-order chi connectivity index (χ0) is 9.26. The highest BCUT2D eigenvalue weighted by Crippen LogP contribution is 2.28. The fraction of sp³-hybridized carbons (Fsp3) is 0.667. The molecule has 0 radical (unpaired) electrons. The van der Waals surface area contributed by atoms with Gasteiger partial charge in [0.25, 0.3) is 4.80 Å². The van der Waals surface area contributed by atoms with Crippen LogP contribution in [0.4, 0.5) is 0 Å². The number of halogens is 1. The molecular weight excluding hydrogens is 232 g/mol. The molecule has 0 amide bonds. The van der Waals surface area contributed by atoms with E-state index in [4.69, 9.17) is 4.42 Å². The molecule has 1 fully saturated rings. The van der Waals surface area contributed by atoms with Gasteiger partial charge in [-0.25, -0.2) is 4.98 Å². The van der Waals surface area contributed by atoms with Crippen LogP contribution < -0.4 is 0 Å². The van der Waals surface area contributed by atoms with Gasteiger partial charge in [0, 0.05) is 28.4 Å². The minimum absolute atomic E-state index is 0.541. The molecule has 1 aliphatic heterocycles. The van der Waals surface area contributed by atoms with Crippen molar-refractivity contribution in [1.82, 2.24) is 9.88 Å². The van der Waals surface area contributed by atoms with Crippen molar-refractivity contribution in [1.29, 1.82) is 0 Å². The summed E-state index contributed by atoms with van der Waals surface area (Å²) in [6.45, 7) is 5.61. The number of hydrogen-bond acceptors (Lipinski definition) is 3. The monoisotopic (exact) mass is 244 g/mol. The highest BCUT2D eigenvalue weighted by Gasteiger charge is 2.25. The Morgan fingerprint density at radius 3 is 3.15 bits per heavy atom. The van der Waals surface area contributed by atoms with E-state index in [1.807, 2.05) is 6.20 Å². The number of likely N-dealkylation sites (tertiary alicyclic amines) is 1. The van der Waals surface area contributed by atoms with Gasteiger partial charge in [0.2, 0.25) is 0 Å². The Balaban J connectivity index is 2.03. The van der Waals surface area contributed by atoms with E-state index in [0.717, 1.165) is 18.8 Å². The van der Waals surface area contributed by atoms with Gasteiger partial charge in [-0.05, 0) is 19.5 Å². The lowest BCUT2D eigenvalue weighted by molar-refractivity contribution is 0.345. The maximum absolute atomic E-state index is 5.44. The molecule has 1 saturated heterocycles. The molecule has 1 unspecified atom stereocenters. The normalized spacial score (nSPS) is 24.0. The molecule has 0 saturated carbocycles. The van der Waals surface area contributed by atoms with E-state index >= 15 is 0 Å². The lowest BCUT2D eigenvalue weighted by Crippen LogP contribution is -2.19. The van der Waals surface area contributed by atoms with Gasteiger partial charge in [0.1, 0.15) is 5.76 Å². The van der Waals surface area contributed by atoms with Crippen LogP contribution in [0.25, 0.3) is 0 Å². The van der Waals surface area contributed by atoms with Gasteiger partial charge in [0.15, 0.2) is 0 Å². The first-order chi connectivity index (χ1) is 6.29. The molecular formula is C9H13BrN2O. The zero-order valence-electron chi connectivity index (χ0n) is 7.66. The van der Waals surface area contributed by atoms with Crippen LogP contribution in [0.15, 0.2) is 15.4 Å². The lowest BCUT2D eigenvalue weighted by atomic mass is 10.1. The molecule has 2 rings (SSSR count). The number of aromatic nitrogens is 1. The SMILES string of the molecule is CCN1CCC(c2cnc(Br)o2)C1. The minimum atomic E-state index is 0.541. The van der Waals surface area contributed by atoms with Crippen molar-refractivity contribution in [3.05, 3.63) is 16.8 Å².